The molecule has 4 nitrogen and oxygen atoms in total. The summed E-state index contributed by atoms with van der Waals surface area (Å²) in [4.78, 5) is 4.32. The van der Waals surface area contributed by atoms with Crippen molar-refractivity contribution in [3.8, 4) is 5.75 Å². The Hall–Kier alpha value is -2.85. The number of ether oxygens (including phenoxy) is 1. The van der Waals surface area contributed by atoms with Crippen LogP contribution in [0.5, 0.6) is 5.75 Å². The number of nitrogens with two attached hydrogens (primary N) is 1. The van der Waals surface area contributed by atoms with E-state index in [1.54, 1.807) is 6.20 Å². The molecule has 0 fully saturated rings. The van der Waals surface area contributed by atoms with E-state index in [1.165, 1.54) is 11.1 Å². The maximum atomic E-state index is 5.93. The number of benzene rings is 2. The Balaban J connectivity index is 1.59. The Morgan fingerprint density at radius 3 is 2.40 bits per heavy atom. The van der Waals surface area contributed by atoms with Gasteiger partial charge in [0.25, 0.3) is 0 Å². The van der Waals surface area contributed by atoms with Crippen LogP contribution in [-0.2, 0) is 13.0 Å². The number of pyridine rings is 1. The van der Waals surface area contributed by atoms with E-state index in [0.717, 1.165) is 23.6 Å². The summed E-state index contributed by atoms with van der Waals surface area (Å²) in [7, 11) is 0. The minimum Gasteiger partial charge on any atom is -0.471 e. The lowest BCUT2D eigenvalue weighted by atomic mass is 10.1. The number of nitrogens with one attached hydrogen (secondary N) is 1. The minimum atomic E-state index is -0.208. The molecule has 3 N–H and O–H groups in total. The van der Waals surface area contributed by atoms with Gasteiger partial charge in [-0.25, -0.2) is 4.98 Å². The van der Waals surface area contributed by atoms with Crippen LogP contribution in [0.3, 0.4) is 0 Å². The second-order valence-electron chi connectivity index (χ2n) is 5.93. The van der Waals surface area contributed by atoms with Crippen LogP contribution in [0.2, 0.25) is 0 Å². The molecule has 3 rings (SSSR count). The zero-order chi connectivity index (χ0) is 17.5. The standard InChI is InChI=1S/C21H23N3O/c1-16(24-21-19(15-22)8-5-13-23-21)25-20-11-9-18(10-12-20)14-17-6-3-2-4-7-17/h2-13,16H,14-15,22H2,1H3,(H,23,24). The predicted octanol–water partition coefficient (Wildman–Crippen LogP) is 3.97. The van der Waals surface area contributed by atoms with Gasteiger partial charge in [-0.2, -0.15) is 0 Å². The van der Waals surface area contributed by atoms with Crippen molar-refractivity contribution in [3.05, 3.63) is 89.6 Å². The van der Waals surface area contributed by atoms with Gasteiger partial charge in [0.15, 0.2) is 6.23 Å². The fourth-order valence-electron chi connectivity index (χ4n) is 2.68. The highest BCUT2D eigenvalue weighted by Gasteiger charge is 2.08. The fourth-order valence-corrected chi connectivity index (χ4v) is 2.68. The van der Waals surface area contributed by atoms with Crippen molar-refractivity contribution in [1.82, 2.24) is 4.98 Å². The Bertz CT molecular complexity index is 788. The highest BCUT2D eigenvalue weighted by Crippen LogP contribution is 2.18. The topological polar surface area (TPSA) is 60.2 Å². The molecule has 1 atom stereocenters. The molecule has 3 aromatic rings. The summed E-state index contributed by atoms with van der Waals surface area (Å²) >= 11 is 0. The van der Waals surface area contributed by atoms with E-state index in [0.29, 0.717) is 6.54 Å². The molecule has 128 valence electrons. The fraction of sp³-hybridized carbons (Fsp3) is 0.190. The van der Waals surface area contributed by atoms with Crippen molar-refractivity contribution in [2.45, 2.75) is 26.1 Å². The first-order valence-corrected chi connectivity index (χ1v) is 8.44. The lowest BCUT2D eigenvalue weighted by molar-refractivity contribution is 0.250. The van der Waals surface area contributed by atoms with Gasteiger partial charge in [-0.05, 0) is 42.7 Å². The molecule has 0 aliphatic rings. The van der Waals surface area contributed by atoms with Crippen LogP contribution in [0, 0.1) is 0 Å². The normalized spacial score (nSPS) is 11.8. The molecule has 0 radical (unpaired) electrons. The molecule has 1 heterocycles. The third kappa shape index (κ3) is 4.81. The Kier molecular flexibility index (Phi) is 5.65. The second kappa shape index (κ2) is 8.31. The highest BCUT2D eigenvalue weighted by molar-refractivity contribution is 5.44. The zero-order valence-electron chi connectivity index (χ0n) is 14.4. The summed E-state index contributed by atoms with van der Waals surface area (Å²) in [5.74, 6) is 1.58. The van der Waals surface area contributed by atoms with Gasteiger partial charge >= 0.3 is 0 Å². The highest BCUT2D eigenvalue weighted by atomic mass is 16.5. The molecular weight excluding hydrogens is 310 g/mol. The molecule has 0 aliphatic heterocycles. The van der Waals surface area contributed by atoms with Crippen molar-refractivity contribution < 1.29 is 4.74 Å². The number of anilines is 1. The average Bonchev–Trinajstić information content (AvgIpc) is 2.64. The number of aromatic nitrogens is 1. The van der Waals surface area contributed by atoms with Gasteiger partial charge in [0, 0.05) is 18.3 Å². The van der Waals surface area contributed by atoms with Crippen molar-refractivity contribution in [1.29, 1.82) is 0 Å². The largest absolute Gasteiger partial charge is 0.471 e. The smallest absolute Gasteiger partial charge is 0.168 e. The van der Waals surface area contributed by atoms with E-state index in [-0.39, 0.29) is 6.23 Å². The molecule has 25 heavy (non-hydrogen) atoms. The average molecular weight is 333 g/mol. The summed E-state index contributed by atoms with van der Waals surface area (Å²) in [5.41, 5.74) is 9.27. The number of hydrogen-bond donors (Lipinski definition) is 2. The summed E-state index contributed by atoms with van der Waals surface area (Å²) < 4.78 is 5.93. The van der Waals surface area contributed by atoms with Gasteiger partial charge in [-0.1, -0.05) is 48.5 Å². The van der Waals surface area contributed by atoms with E-state index in [1.807, 2.05) is 37.3 Å². The number of rotatable bonds is 7. The molecule has 4 heteroatoms. The van der Waals surface area contributed by atoms with E-state index in [2.05, 4.69) is 46.7 Å². The second-order valence-corrected chi connectivity index (χ2v) is 5.93. The number of hydrogen-bond acceptors (Lipinski definition) is 4. The van der Waals surface area contributed by atoms with Gasteiger partial charge < -0.3 is 15.8 Å². The monoisotopic (exact) mass is 333 g/mol. The molecule has 1 unspecified atom stereocenters. The van der Waals surface area contributed by atoms with Crippen LogP contribution in [0.1, 0.15) is 23.6 Å². The summed E-state index contributed by atoms with van der Waals surface area (Å²) in [6.45, 7) is 2.39. The summed E-state index contributed by atoms with van der Waals surface area (Å²) in [6, 6.07) is 22.5. The predicted molar refractivity (Wildman–Crippen MR) is 102 cm³/mol. The lowest BCUT2D eigenvalue weighted by Crippen LogP contribution is -2.24. The van der Waals surface area contributed by atoms with Crippen molar-refractivity contribution in [2.75, 3.05) is 5.32 Å². The Morgan fingerprint density at radius 1 is 0.960 bits per heavy atom. The molecule has 0 bridgehead atoms. The molecule has 0 saturated carbocycles. The summed E-state index contributed by atoms with van der Waals surface area (Å²) in [5, 5.41) is 3.25. The van der Waals surface area contributed by atoms with Gasteiger partial charge in [0.2, 0.25) is 0 Å². The third-order valence-electron chi connectivity index (χ3n) is 3.94. The van der Waals surface area contributed by atoms with E-state index in [4.69, 9.17) is 10.5 Å². The first kappa shape index (κ1) is 17.0. The molecule has 0 aliphatic carbocycles. The molecule has 0 spiro atoms. The van der Waals surface area contributed by atoms with Crippen LogP contribution in [0.15, 0.2) is 72.9 Å². The SMILES string of the molecule is CC(Nc1ncccc1CN)Oc1ccc(Cc2ccccc2)cc1. The Morgan fingerprint density at radius 2 is 1.68 bits per heavy atom. The van der Waals surface area contributed by atoms with Crippen LogP contribution in [0.25, 0.3) is 0 Å². The first-order valence-electron chi connectivity index (χ1n) is 8.44. The first-order chi connectivity index (χ1) is 12.2. The molecule has 0 saturated heterocycles. The zero-order valence-corrected chi connectivity index (χ0v) is 14.4. The third-order valence-corrected chi connectivity index (χ3v) is 3.94. The van der Waals surface area contributed by atoms with E-state index in [9.17, 15) is 0 Å². The van der Waals surface area contributed by atoms with Crippen molar-refractivity contribution >= 4 is 5.82 Å². The molecular formula is C21H23N3O. The van der Waals surface area contributed by atoms with Crippen LogP contribution < -0.4 is 15.8 Å². The van der Waals surface area contributed by atoms with Crippen molar-refractivity contribution in [3.63, 3.8) is 0 Å². The van der Waals surface area contributed by atoms with Gasteiger partial charge in [0.1, 0.15) is 11.6 Å². The molecule has 0 amide bonds. The molecule has 1 aromatic heterocycles. The van der Waals surface area contributed by atoms with Gasteiger partial charge in [-0.3, -0.25) is 0 Å². The minimum absolute atomic E-state index is 0.208. The van der Waals surface area contributed by atoms with Gasteiger partial charge in [-0.15, -0.1) is 0 Å². The quantitative estimate of drug-likeness (QED) is 0.642. The maximum absolute atomic E-state index is 5.93. The molecule has 2 aromatic carbocycles. The summed E-state index contributed by atoms with van der Waals surface area (Å²) in [6.07, 6.45) is 2.45. The van der Waals surface area contributed by atoms with Crippen molar-refractivity contribution in [2.24, 2.45) is 5.73 Å². The van der Waals surface area contributed by atoms with Crippen LogP contribution in [-0.4, -0.2) is 11.2 Å². The number of nitrogens with zero attached hydrogens (tertiary/aromatic N) is 1. The van der Waals surface area contributed by atoms with E-state index < -0.39 is 0 Å². The lowest BCUT2D eigenvalue weighted by Gasteiger charge is -2.18. The maximum Gasteiger partial charge on any atom is 0.168 e. The van der Waals surface area contributed by atoms with Crippen LogP contribution in [0.4, 0.5) is 5.82 Å². The van der Waals surface area contributed by atoms with Crippen LogP contribution >= 0.6 is 0 Å². The Labute approximate surface area is 148 Å². The van der Waals surface area contributed by atoms with E-state index >= 15 is 0 Å². The van der Waals surface area contributed by atoms with Gasteiger partial charge in [0.05, 0.1) is 0 Å².